The molecule has 2 aromatic rings. The maximum atomic E-state index is 12.6. The molecule has 0 unspecified atom stereocenters. The lowest BCUT2D eigenvalue weighted by molar-refractivity contribution is -0.133. The molecular formula is C22H26ClN3O2. The highest BCUT2D eigenvalue weighted by atomic mass is 35.5. The molecule has 0 aliphatic carbocycles. The van der Waals surface area contributed by atoms with Gasteiger partial charge in [0, 0.05) is 50.4 Å². The fourth-order valence-corrected chi connectivity index (χ4v) is 3.54. The van der Waals surface area contributed by atoms with Crippen molar-refractivity contribution in [3.05, 3.63) is 70.2 Å². The van der Waals surface area contributed by atoms with Gasteiger partial charge in [0.05, 0.1) is 6.54 Å². The van der Waals surface area contributed by atoms with Gasteiger partial charge in [0.25, 0.3) is 5.91 Å². The largest absolute Gasteiger partial charge is 0.339 e. The molecule has 2 aromatic carbocycles. The Kier molecular flexibility index (Phi) is 6.70. The topological polar surface area (TPSA) is 43.9 Å². The molecule has 0 saturated carbocycles. The smallest absolute Gasteiger partial charge is 0.254 e. The van der Waals surface area contributed by atoms with Gasteiger partial charge in [-0.05, 0) is 36.8 Å². The summed E-state index contributed by atoms with van der Waals surface area (Å²) in [5.74, 6) is -0.192. The second kappa shape index (κ2) is 9.22. The molecule has 0 bridgehead atoms. The highest BCUT2D eigenvalue weighted by Gasteiger charge is 2.23. The minimum absolute atomic E-state index is 0.0139. The fraction of sp³-hybridized carbons (Fsp3) is 0.364. The van der Waals surface area contributed by atoms with Crippen LogP contribution < -0.4 is 0 Å². The number of rotatable bonds is 5. The molecule has 1 aliphatic heterocycles. The van der Waals surface area contributed by atoms with E-state index in [4.69, 9.17) is 11.6 Å². The first-order valence-electron chi connectivity index (χ1n) is 9.49. The first-order chi connectivity index (χ1) is 13.4. The van der Waals surface area contributed by atoms with Crippen LogP contribution >= 0.6 is 11.6 Å². The van der Waals surface area contributed by atoms with Crippen LogP contribution in [0, 0.1) is 6.92 Å². The molecule has 0 spiro atoms. The van der Waals surface area contributed by atoms with Gasteiger partial charge in [-0.2, -0.15) is 0 Å². The van der Waals surface area contributed by atoms with Crippen LogP contribution in [0.3, 0.4) is 0 Å². The lowest BCUT2D eigenvalue weighted by Crippen LogP contribution is -2.51. The van der Waals surface area contributed by atoms with E-state index in [0.29, 0.717) is 23.7 Å². The Bertz CT molecular complexity index is 830. The van der Waals surface area contributed by atoms with Gasteiger partial charge < -0.3 is 9.80 Å². The van der Waals surface area contributed by atoms with E-state index in [9.17, 15) is 9.59 Å². The number of hydrogen-bond acceptors (Lipinski definition) is 3. The van der Waals surface area contributed by atoms with Gasteiger partial charge in [-0.15, -0.1) is 0 Å². The predicted molar refractivity (Wildman–Crippen MR) is 111 cm³/mol. The van der Waals surface area contributed by atoms with Crippen molar-refractivity contribution in [2.45, 2.75) is 13.5 Å². The molecule has 1 heterocycles. The third-order valence-corrected chi connectivity index (χ3v) is 5.28. The number of likely N-dealkylation sites (N-methyl/N-ethyl adjacent to an activating group) is 1. The van der Waals surface area contributed by atoms with Gasteiger partial charge >= 0.3 is 0 Å². The standard InChI is InChI=1S/C22H26ClN3O2/c1-17-4-3-5-18(14-17)15-25-10-12-26(13-11-25)21(27)16-24(2)22(28)19-6-8-20(23)9-7-19/h3-9,14H,10-13,15-16H2,1-2H3. The summed E-state index contributed by atoms with van der Waals surface area (Å²) < 4.78 is 0. The molecule has 1 aliphatic rings. The summed E-state index contributed by atoms with van der Waals surface area (Å²) in [5, 5.41) is 0.582. The minimum atomic E-state index is -0.178. The zero-order chi connectivity index (χ0) is 20.1. The lowest BCUT2D eigenvalue weighted by Gasteiger charge is -2.35. The van der Waals surface area contributed by atoms with E-state index < -0.39 is 0 Å². The fourth-order valence-electron chi connectivity index (χ4n) is 3.41. The normalized spacial score (nSPS) is 14.8. The number of aryl methyl sites for hydroxylation is 1. The monoisotopic (exact) mass is 399 g/mol. The first-order valence-corrected chi connectivity index (χ1v) is 9.87. The van der Waals surface area contributed by atoms with Gasteiger partial charge in [0.1, 0.15) is 0 Å². The summed E-state index contributed by atoms with van der Waals surface area (Å²) >= 11 is 5.86. The van der Waals surface area contributed by atoms with Gasteiger partial charge in [-0.3, -0.25) is 14.5 Å². The number of carbonyl (C=O) groups is 2. The van der Waals surface area contributed by atoms with Gasteiger partial charge in [0.15, 0.2) is 0 Å². The van der Waals surface area contributed by atoms with E-state index in [1.165, 1.54) is 16.0 Å². The maximum Gasteiger partial charge on any atom is 0.254 e. The molecule has 2 amide bonds. The van der Waals surface area contributed by atoms with E-state index >= 15 is 0 Å². The first kappa shape index (κ1) is 20.4. The average molecular weight is 400 g/mol. The van der Waals surface area contributed by atoms with Crippen LogP contribution in [0.15, 0.2) is 48.5 Å². The van der Waals surface area contributed by atoms with Crippen LogP contribution in [0.2, 0.25) is 5.02 Å². The summed E-state index contributed by atoms with van der Waals surface area (Å²) in [4.78, 5) is 30.7. The summed E-state index contributed by atoms with van der Waals surface area (Å²) in [5.41, 5.74) is 3.09. The van der Waals surface area contributed by atoms with Crippen LogP contribution in [0.4, 0.5) is 0 Å². The zero-order valence-electron chi connectivity index (χ0n) is 16.4. The Hall–Kier alpha value is -2.37. The van der Waals surface area contributed by atoms with Crippen LogP contribution in [0.25, 0.3) is 0 Å². The molecule has 1 saturated heterocycles. The molecule has 0 aromatic heterocycles. The van der Waals surface area contributed by atoms with Crippen molar-refractivity contribution >= 4 is 23.4 Å². The summed E-state index contributed by atoms with van der Waals surface area (Å²) in [6.45, 7) is 6.14. The highest BCUT2D eigenvalue weighted by molar-refractivity contribution is 6.30. The third kappa shape index (κ3) is 5.33. The van der Waals surface area contributed by atoms with Crippen molar-refractivity contribution in [3.63, 3.8) is 0 Å². The van der Waals surface area contributed by atoms with Crippen molar-refractivity contribution in [3.8, 4) is 0 Å². The predicted octanol–water partition coefficient (Wildman–Crippen LogP) is 3.06. The van der Waals surface area contributed by atoms with E-state index in [1.807, 2.05) is 4.90 Å². The second-order valence-electron chi connectivity index (χ2n) is 7.31. The van der Waals surface area contributed by atoms with Crippen molar-refractivity contribution in [2.75, 3.05) is 39.8 Å². The van der Waals surface area contributed by atoms with Gasteiger partial charge in [-0.1, -0.05) is 41.4 Å². The summed E-state index contributed by atoms with van der Waals surface area (Å²) in [6.07, 6.45) is 0. The molecule has 0 atom stereocenters. The molecule has 28 heavy (non-hydrogen) atoms. The Morgan fingerprint density at radius 3 is 2.36 bits per heavy atom. The van der Waals surface area contributed by atoms with Crippen molar-refractivity contribution in [1.29, 1.82) is 0 Å². The average Bonchev–Trinajstić information content (AvgIpc) is 2.68. The minimum Gasteiger partial charge on any atom is -0.339 e. The number of halogens is 1. The van der Waals surface area contributed by atoms with Crippen LogP contribution in [0.5, 0.6) is 0 Å². The number of piperazine rings is 1. The molecule has 148 valence electrons. The van der Waals surface area contributed by atoms with E-state index in [1.54, 1.807) is 31.3 Å². The van der Waals surface area contributed by atoms with Crippen molar-refractivity contribution < 1.29 is 9.59 Å². The Labute approximate surface area is 171 Å². The van der Waals surface area contributed by atoms with Crippen LogP contribution in [-0.4, -0.2) is 66.3 Å². The Morgan fingerprint density at radius 2 is 1.71 bits per heavy atom. The van der Waals surface area contributed by atoms with Crippen LogP contribution in [-0.2, 0) is 11.3 Å². The SMILES string of the molecule is Cc1cccc(CN2CCN(C(=O)CN(C)C(=O)c3ccc(Cl)cc3)CC2)c1. The number of benzene rings is 2. The Morgan fingerprint density at radius 1 is 1.04 bits per heavy atom. The molecule has 0 radical (unpaired) electrons. The number of carbonyl (C=O) groups excluding carboxylic acids is 2. The van der Waals surface area contributed by atoms with Crippen LogP contribution in [0.1, 0.15) is 21.5 Å². The zero-order valence-corrected chi connectivity index (χ0v) is 17.2. The van der Waals surface area contributed by atoms with Gasteiger partial charge in [0.2, 0.25) is 5.91 Å². The summed E-state index contributed by atoms with van der Waals surface area (Å²) in [6, 6.07) is 15.2. The number of amides is 2. The second-order valence-corrected chi connectivity index (χ2v) is 7.75. The van der Waals surface area contributed by atoms with Crippen molar-refractivity contribution in [2.24, 2.45) is 0 Å². The highest BCUT2D eigenvalue weighted by Crippen LogP contribution is 2.13. The molecular weight excluding hydrogens is 374 g/mol. The van der Waals surface area contributed by atoms with E-state index in [0.717, 1.165) is 19.6 Å². The quantitative estimate of drug-likeness (QED) is 0.776. The molecule has 0 N–H and O–H groups in total. The molecule has 3 rings (SSSR count). The number of nitrogens with zero attached hydrogens (tertiary/aromatic N) is 3. The molecule has 5 nitrogen and oxygen atoms in total. The Balaban J connectivity index is 1.48. The van der Waals surface area contributed by atoms with Gasteiger partial charge in [-0.25, -0.2) is 0 Å². The van der Waals surface area contributed by atoms with E-state index in [-0.39, 0.29) is 18.4 Å². The van der Waals surface area contributed by atoms with E-state index in [2.05, 4.69) is 36.1 Å². The summed E-state index contributed by atoms with van der Waals surface area (Å²) in [7, 11) is 1.66. The molecule has 6 heteroatoms. The third-order valence-electron chi connectivity index (χ3n) is 5.02. The number of hydrogen-bond donors (Lipinski definition) is 0. The van der Waals surface area contributed by atoms with Crippen molar-refractivity contribution in [1.82, 2.24) is 14.7 Å². The maximum absolute atomic E-state index is 12.6. The lowest BCUT2D eigenvalue weighted by atomic mass is 10.1. The molecule has 1 fully saturated rings.